The van der Waals surface area contributed by atoms with Gasteiger partial charge in [-0.05, 0) is 37.3 Å². The van der Waals surface area contributed by atoms with Gasteiger partial charge in [0.1, 0.15) is 0 Å². The molecule has 1 aromatic rings. The van der Waals surface area contributed by atoms with E-state index in [1.165, 1.54) is 19.3 Å². The van der Waals surface area contributed by atoms with Crippen molar-refractivity contribution in [1.29, 1.82) is 0 Å². The van der Waals surface area contributed by atoms with Gasteiger partial charge in [-0.3, -0.25) is 9.59 Å². The van der Waals surface area contributed by atoms with Crippen molar-refractivity contribution in [2.75, 3.05) is 25.0 Å². The highest BCUT2D eigenvalue weighted by Crippen LogP contribution is 2.47. The quantitative estimate of drug-likeness (QED) is 0.795. The summed E-state index contributed by atoms with van der Waals surface area (Å²) in [6.07, 6.45) is 7.24. The Bertz CT molecular complexity index is 655. The number of carbonyl (C=O) groups excluding carboxylic acids is 2. The monoisotopic (exact) mass is 326 g/mol. The van der Waals surface area contributed by atoms with Gasteiger partial charge in [-0.2, -0.15) is 0 Å². The summed E-state index contributed by atoms with van der Waals surface area (Å²) in [6, 6.07) is 8.13. The molecule has 128 valence electrons. The van der Waals surface area contributed by atoms with Crippen LogP contribution in [-0.2, 0) is 15.0 Å². The van der Waals surface area contributed by atoms with Gasteiger partial charge in [0.2, 0.25) is 11.8 Å². The lowest BCUT2D eigenvalue weighted by atomic mass is 9.73. The van der Waals surface area contributed by atoms with Crippen LogP contribution in [0.1, 0.15) is 50.5 Å². The van der Waals surface area contributed by atoms with E-state index in [2.05, 4.69) is 6.07 Å². The molecule has 3 aliphatic rings. The first-order valence-corrected chi connectivity index (χ1v) is 9.30. The summed E-state index contributed by atoms with van der Waals surface area (Å²) in [5.74, 6) is 0.757. The van der Waals surface area contributed by atoms with Crippen molar-refractivity contribution in [3.63, 3.8) is 0 Å². The summed E-state index contributed by atoms with van der Waals surface area (Å²) in [6.45, 7) is 1.42. The fraction of sp³-hybridized carbons (Fsp3) is 0.600. The standard InChI is InChI=1S/C20H26N2O2/c1-21-17-10-6-5-9-16(17)20(19(21)24)11-13-22(14-12-20)18(23)15-7-3-2-4-8-15/h5-6,9-10,15H,2-4,7-8,11-14H2,1H3. The van der Waals surface area contributed by atoms with Crippen LogP contribution in [0, 0.1) is 5.92 Å². The molecule has 1 aromatic carbocycles. The van der Waals surface area contributed by atoms with E-state index in [9.17, 15) is 9.59 Å². The Morgan fingerprint density at radius 1 is 1.08 bits per heavy atom. The molecule has 1 aliphatic carbocycles. The van der Waals surface area contributed by atoms with Gasteiger partial charge in [0, 0.05) is 31.7 Å². The number of anilines is 1. The Balaban J connectivity index is 1.51. The molecular formula is C20H26N2O2. The maximum atomic E-state index is 12.9. The number of fused-ring (bicyclic) bond motifs is 2. The minimum atomic E-state index is -0.408. The molecule has 2 amide bonds. The van der Waals surface area contributed by atoms with E-state index in [4.69, 9.17) is 0 Å². The zero-order chi connectivity index (χ0) is 16.7. The molecule has 24 heavy (non-hydrogen) atoms. The Morgan fingerprint density at radius 2 is 1.75 bits per heavy atom. The average molecular weight is 326 g/mol. The van der Waals surface area contributed by atoms with Crippen LogP contribution >= 0.6 is 0 Å². The highest BCUT2D eigenvalue weighted by molar-refractivity contribution is 6.07. The molecule has 4 nitrogen and oxygen atoms in total. The first kappa shape index (κ1) is 15.7. The number of hydrogen-bond acceptors (Lipinski definition) is 2. The van der Waals surface area contributed by atoms with E-state index in [0.29, 0.717) is 19.0 Å². The van der Waals surface area contributed by atoms with Gasteiger partial charge in [-0.15, -0.1) is 0 Å². The number of likely N-dealkylation sites (tertiary alicyclic amines) is 1. The van der Waals surface area contributed by atoms with Crippen LogP contribution < -0.4 is 4.90 Å². The summed E-state index contributed by atoms with van der Waals surface area (Å²) in [4.78, 5) is 29.5. The molecule has 0 N–H and O–H groups in total. The minimum absolute atomic E-state index is 0.202. The number of nitrogens with zero attached hydrogens (tertiary/aromatic N) is 2. The van der Waals surface area contributed by atoms with Crippen molar-refractivity contribution in [2.24, 2.45) is 5.92 Å². The highest BCUT2D eigenvalue weighted by Gasteiger charge is 2.51. The maximum absolute atomic E-state index is 12.9. The van der Waals surface area contributed by atoms with E-state index < -0.39 is 5.41 Å². The number of para-hydroxylation sites is 1. The molecule has 0 atom stereocenters. The number of piperidine rings is 1. The maximum Gasteiger partial charge on any atom is 0.237 e. The third-order valence-electron chi connectivity index (χ3n) is 6.38. The third-order valence-corrected chi connectivity index (χ3v) is 6.38. The number of hydrogen-bond donors (Lipinski definition) is 0. The number of rotatable bonds is 1. The van der Waals surface area contributed by atoms with Crippen LogP contribution in [0.2, 0.25) is 0 Å². The number of benzene rings is 1. The predicted molar refractivity (Wildman–Crippen MR) is 93.9 cm³/mol. The molecule has 2 fully saturated rings. The van der Waals surface area contributed by atoms with E-state index >= 15 is 0 Å². The summed E-state index contributed by atoms with van der Waals surface area (Å²) in [5, 5.41) is 0. The van der Waals surface area contributed by atoms with Crippen molar-refractivity contribution in [2.45, 2.75) is 50.4 Å². The topological polar surface area (TPSA) is 40.6 Å². The molecule has 1 spiro atoms. The Kier molecular flexibility index (Phi) is 3.86. The summed E-state index contributed by atoms with van der Waals surface area (Å²) < 4.78 is 0. The summed E-state index contributed by atoms with van der Waals surface area (Å²) in [5.41, 5.74) is 1.78. The fourth-order valence-corrected chi connectivity index (χ4v) is 4.92. The van der Waals surface area contributed by atoms with Gasteiger partial charge < -0.3 is 9.80 Å². The summed E-state index contributed by atoms with van der Waals surface area (Å²) in [7, 11) is 1.87. The van der Waals surface area contributed by atoms with E-state index in [1.54, 1.807) is 4.90 Å². The second kappa shape index (κ2) is 5.91. The second-order valence-corrected chi connectivity index (χ2v) is 7.62. The van der Waals surface area contributed by atoms with E-state index in [-0.39, 0.29) is 11.8 Å². The van der Waals surface area contributed by atoms with Crippen LogP contribution in [0.3, 0.4) is 0 Å². The zero-order valence-electron chi connectivity index (χ0n) is 14.5. The van der Waals surface area contributed by atoms with Crippen LogP contribution in [0.5, 0.6) is 0 Å². The van der Waals surface area contributed by atoms with Crippen molar-refractivity contribution in [3.05, 3.63) is 29.8 Å². The molecule has 4 heteroatoms. The minimum Gasteiger partial charge on any atom is -0.342 e. The van der Waals surface area contributed by atoms with Crippen LogP contribution in [0.15, 0.2) is 24.3 Å². The normalized spacial score (nSPS) is 23.6. The summed E-state index contributed by atoms with van der Waals surface area (Å²) >= 11 is 0. The molecular weight excluding hydrogens is 300 g/mol. The van der Waals surface area contributed by atoms with Crippen molar-refractivity contribution >= 4 is 17.5 Å². The molecule has 0 radical (unpaired) electrons. The van der Waals surface area contributed by atoms with Crippen molar-refractivity contribution < 1.29 is 9.59 Å². The zero-order valence-corrected chi connectivity index (χ0v) is 14.5. The molecule has 4 rings (SSSR count). The first-order chi connectivity index (χ1) is 11.6. The molecule has 0 unspecified atom stereocenters. The van der Waals surface area contributed by atoms with Gasteiger partial charge in [-0.1, -0.05) is 37.5 Å². The van der Waals surface area contributed by atoms with Crippen molar-refractivity contribution in [1.82, 2.24) is 4.90 Å². The number of amides is 2. The highest BCUT2D eigenvalue weighted by atomic mass is 16.2. The lowest BCUT2D eigenvalue weighted by Gasteiger charge is -2.40. The Hall–Kier alpha value is -1.84. The molecule has 1 saturated carbocycles. The van der Waals surface area contributed by atoms with Crippen LogP contribution in [0.4, 0.5) is 5.69 Å². The second-order valence-electron chi connectivity index (χ2n) is 7.62. The molecule has 0 bridgehead atoms. The molecule has 2 heterocycles. The first-order valence-electron chi connectivity index (χ1n) is 9.30. The molecule has 2 aliphatic heterocycles. The molecule has 0 aromatic heterocycles. The fourth-order valence-electron chi connectivity index (χ4n) is 4.92. The number of likely N-dealkylation sites (N-methyl/N-ethyl adjacent to an activating group) is 1. The lowest BCUT2D eigenvalue weighted by Crippen LogP contribution is -2.50. The number of carbonyl (C=O) groups is 2. The third kappa shape index (κ3) is 2.27. The van der Waals surface area contributed by atoms with Gasteiger partial charge in [0.05, 0.1) is 5.41 Å². The van der Waals surface area contributed by atoms with Gasteiger partial charge in [0.15, 0.2) is 0 Å². The van der Waals surface area contributed by atoms with Gasteiger partial charge in [-0.25, -0.2) is 0 Å². The van der Waals surface area contributed by atoms with Crippen LogP contribution in [0.25, 0.3) is 0 Å². The van der Waals surface area contributed by atoms with E-state index in [1.807, 2.05) is 30.1 Å². The largest absolute Gasteiger partial charge is 0.342 e. The Morgan fingerprint density at radius 3 is 2.46 bits per heavy atom. The smallest absolute Gasteiger partial charge is 0.237 e. The predicted octanol–water partition coefficient (Wildman–Crippen LogP) is 3.10. The van der Waals surface area contributed by atoms with Gasteiger partial charge in [0.25, 0.3) is 0 Å². The SMILES string of the molecule is CN1C(=O)C2(CCN(C(=O)C3CCCCC3)CC2)c2ccccc21. The van der Waals surface area contributed by atoms with Gasteiger partial charge >= 0.3 is 0 Å². The Labute approximate surface area is 143 Å². The van der Waals surface area contributed by atoms with Crippen LogP contribution in [-0.4, -0.2) is 36.9 Å². The van der Waals surface area contributed by atoms with E-state index in [0.717, 1.165) is 36.9 Å². The average Bonchev–Trinajstić information content (AvgIpc) is 2.85. The molecule has 1 saturated heterocycles. The van der Waals surface area contributed by atoms with Crippen molar-refractivity contribution in [3.8, 4) is 0 Å². The lowest BCUT2D eigenvalue weighted by molar-refractivity contribution is -0.140.